The molecule has 0 aliphatic rings. The van der Waals surface area contributed by atoms with Crippen LogP contribution in [0.2, 0.25) is 0 Å². The largest absolute Gasteiger partial charge is 0.330 e. The summed E-state index contributed by atoms with van der Waals surface area (Å²) in [5.41, 5.74) is 2.41. The van der Waals surface area contributed by atoms with Gasteiger partial charge in [-0.25, -0.2) is 0 Å². The molecule has 0 spiro atoms. The number of hydrogen-bond acceptors (Lipinski definition) is 2. The van der Waals surface area contributed by atoms with Crippen molar-refractivity contribution < 1.29 is 0 Å². The molecule has 0 aromatic heterocycles. The Morgan fingerprint density at radius 3 is 2.31 bits per heavy atom. The van der Waals surface area contributed by atoms with Gasteiger partial charge in [-0.2, -0.15) is 0 Å². The zero-order valence-corrected chi connectivity index (χ0v) is 9.71. The van der Waals surface area contributed by atoms with Crippen molar-refractivity contribution in [3.8, 4) is 0 Å². The number of aryl methyl sites for hydroxylation is 1. The van der Waals surface area contributed by atoms with E-state index in [1.165, 1.54) is 5.56 Å². The van der Waals surface area contributed by atoms with Crippen LogP contribution in [0.4, 0.5) is 5.69 Å². The number of thioether (sulfide) groups is 1. The van der Waals surface area contributed by atoms with Crippen LogP contribution in [0.25, 0.3) is 0 Å². The summed E-state index contributed by atoms with van der Waals surface area (Å²) in [6.45, 7) is 2.08. The maximum Gasteiger partial charge on any atom is 0.140 e. The monoisotopic (exact) mass is 211 g/mol. The van der Waals surface area contributed by atoms with Crippen LogP contribution in [0.3, 0.4) is 0 Å². The Bertz CT molecular complexity index is 292. The van der Waals surface area contributed by atoms with Gasteiger partial charge in [-0.3, -0.25) is 0 Å². The second kappa shape index (κ2) is 4.63. The lowest BCUT2D eigenvalue weighted by Crippen LogP contribution is -2.20. The average molecular weight is 211 g/mol. The van der Waals surface area contributed by atoms with Crippen molar-refractivity contribution in [1.29, 1.82) is 0 Å². The van der Waals surface area contributed by atoms with E-state index in [0.29, 0.717) is 0 Å². The first-order chi connectivity index (χ1) is 6.15. The Balaban J connectivity index is 2.83. The van der Waals surface area contributed by atoms with Crippen molar-refractivity contribution in [1.82, 2.24) is 0 Å². The van der Waals surface area contributed by atoms with Gasteiger partial charge in [0.05, 0.1) is 0 Å². The van der Waals surface area contributed by atoms with E-state index < -0.39 is 0 Å². The van der Waals surface area contributed by atoms with Gasteiger partial charge in [0, 0.05) is 12.7 Å². The Labute approximate surface area is 89.1 Å². The van der Waals surface area contributed by atoms with Gasteiger partial charge in [-0.15, -0.1) is 11.8 Å². The maximum atomic E-state index is 5.18. The van der Waals surface area contributed by atoms with Gasteiger partial charge in [-0.05, 0) is 25.3 Å². The Kier molecular flexibility index (Phi) is 3.75. The normalized spacial score (nSPS) is 9.77. The average Bonchev–Trinajstić information content (AvgIpc) is 2.17. The van der Waals surface area contributed by atoms with Gasteiger partial charge >= 0.3 is 0 Å². The lowest BCUT2D eigenvalue weighted by atomic mass is 10.2. The van der Waals surface area contributed by atoms with Crippen molar-refractivity contribution in [3.63, 3.8) is 0 Å². The Morgan fingerprint density at radius 2 is 1.85 bits per heavy atom. The summed E-state index contributed by atoms with van der Waals surface area (Å²) in [5, 5.41) is 0. The standard InChI is InChI=1S/C10H13NS2/c1-8-4-6-9(7-5-8)11(2)10(12)13-3/h4-7H,1-3H3. The third kappa shape index (κ3) is 2.71. The summed E-state index contributed by atoms with van der Waals surface area (Å²) in [5.74, 6) is 0. The zero-order chi connectivity index (χ0) is 9.84. The Hall–Kier alpha value is -0.540. The van der Waals surface area contributed by atoms with E-state index in [-0.39, 0.29) is 0 Å². The van der Waals surface area contributed by atoms with Crippen LogP contribution in [0.5, 0.6) is 0 Å². The molecule has 13 heavy (non-hydrogen) atoms. The highest BCUT2D eigenvalue weighted by Crippen LogP contribution is 2.16. The van der Waals surface area contributed by atoms with Crippen LogP contribution < -0.4 is 4.90 Å². The number of benzene rings is 1. The lowest BCUT2D eigenvalue weighted by Gasteiger charge is -2.18. The molecule has 0 bridgehead atoms. The molecule has 3 heteroatoms. The van der Waals surface area contributed by atoms with Gasteiger partial charge < -0.3 is 4.90 Å². The molecule has 70 valence electrons. The molecule has 0 aliphatic carbocycles. The van der Waals surface area contributed by atoms with Crippen LogP contribution in [0.1, 0.15) is 5.56 Å². The summed E-state index contributed by atoms with van der Waals surface area (Å²) in [4.78, 5) is 2.01. The minimum absolute atomic E-state index is 0.892. The van der Waals surface area contributed by atoms with E-state index in [2.05, 4.69) is 31.2 Å². The molecule has 1 aromatic carbocycles. The molecule has 0 atom stereocenters. The fourth-order valence-electron chi connectivity index (χ4n) is 1.01. The van der Waals surface area contributed by atoms with Crippen molar-refractivity contribution >= 4 is 34.0 Å². The van der Waals surface area contributed by atoms with E-state index in [4.69, 9.17) is 12.2 Å². The second-order valence-electron chi connectivity index (χ2n) is 2.86. The summed E-state index contributed by atoms with van der Waals surface area (Å²) < 4.78 is 0.892. The van der Waals surface area contributed by atoms with Crippen molar-refractivity contribution in [2.24, 2.45) is 0 Å². The summed E-state index contributed by atoms with van der Waals surface area (Å²) in [7, 11) is 1.99. The van der Waals surface area contributed by atoms with Crippen LogP contribution in [0, 0.1) is 6.92 Å². The van der Waals surface area contributed by atoms with Crippen molar-refractivity contribution in [2.45, 2.75) is 6.92 Å². The van der Waals surface area contributed by atoms with Gasteiger partial charge in [0.25, 0.3) is 0 Å². The summed E-state index contributed by atoms with van der Waals surface area (Å²) in [6.07, 6.45) is 1.99. The van der Waals surface area contributed by atoms with Gasteiger partial charge in [-0.1, -0.05) is 29.9 Å². The molecule has 0 N–H and O–H groups in total. The van der Waals surface area contributed by atoms with Crippen molar-refractivity contribution in [2.75, 3.05) is 18.2 Å². The van der Waals surface area contributed by atoms with E-state index in [0.717, 1.165) is 10.0 Å². The summed E-state index contributed by atoms with van der Waals surface area (Å²) >= 11 is 6.77. The minimum atomic E-state index is 0.892. The van der Waals surface area contributed by atoms with E-state index in [9.17, 15) is 0 Å². The predicted molar refractivity (Wildman–Crippen MR) is 65.7 cm³/mol. The molecule has 0 saturated heterocycles. The van der Waals surface area contributed by atoms with Crippen LogP contribution >= 0.6 is 24.0 Å². The topological polar surface area (TPSA) is 3.24 Å². The minimum Gasteiger partial charge on any atom is -0.330 e. The summed E-state index contributed by atoms with van der Waals surface area (Å²) in [6, 6.07) is 8.35. The van der Waals surface area contributed by atoms with Crippen LogP contribution in [-0.2, 0) is 0 Å². The highest BCUT2D eigenvalue weighted by atomic mass is 32.2. The van der Waals surface area contributed by atoms with Crippen molar-refractivity contribution in [3.05, 3.63) is 29.8 Å². The number of anilines is 1. The fourth-order valence-corrected chi connectivity index (χ4v) is 1.50. The highest BCUT2D eigenvalue weighted by Gasteiger charge is 2.03. The van der Waals surface area contributed by atoms with E-state index in [1.807, 2.05) is 18.2 Å². The van der Waals surface area contributed by atoms with E-state index in [1.54, 1.807) is 11.8 Å². The first-order valence-electron chi connectivity index (χ1n) is 4.03. The first kappa shape index (κ1) is 10.5. The van der Waals surface area contributed by atoms with Gasteiger partial charge in [0.1, 0.15) is 4.32 Å². The molecule has 1 rings (SSSR count). The molecule has 0 fully saturated rings. The molecular weight excluding hydrogens is 198 g/mol. The maximum absolute atomic E-state index is 5.18. The van der Waals surface area contributed by atoms with Crippen LogP contribution in [-0.4, -0.2) is 17.6 Å². The quantitative estimate of drug-likeness (QED) is 0.657. The molecule has 0 radical (unpaired) electrons. The molecule has 1 nitrogen and oxygen atoms in total. The fraction of sp³-hybridized carbons (Fsp3) is 0.300. The lowest BCUT2D eigenvalue weighted by molar-refractivity contribution is 1.30. The molecular formula is C10H13NS2. The first-order valence-corrected chi connectivity index (χ1v) is 5.67. The number of thiocarbonyl (C=S) groups is 1. The van der Waals surface area contributed by atoms with Gasteiger partial charge in [0.15, 0.2) is 0 Å². The number of rotatable bonds is 1. The molecule has 1 aromatic rings. The molecule has 0 aliphatic heterocycles. The molecule has 0 saturated carbocycles. The number of hydrogen-bond donors (Lipinski definition) is 0. The predicted octanol–water partition coefficient (Wildman–Crippen LogP) is 3.08. The van der Waals surface area contributed by atoms with E-state index >= 15 is 0 Å². The molecule has 0 unspecified atom stereocenters. The highest BCUT2D eigenvalue weighted by molar-refractivity contribution is 8.22. The zero-order valence-electron chi connectivity index (χ0n) is 8.07. The number of nitrogens with zero attached hydrogens (tertiary/aromatic N) is 1. The smallest absolute Gasteiger partial charge is 0.140 e. The SMILES string of the molecule is CSC(=S)N(C)c1ccc(C)cc1. The van der Waals surface area contributed by atoms with Gasteiger partial charge in [0.2, 0.25) is 0 Å². The molecule has 0 heterocycles. The van der Waals surface area contributed by atoms with Crippen LogP contribution in [0.15, 0.2) is 24.3 Å². The Morgan fingerprint density at radius 1 is 1.31 bits per heavy atom. The second-order valence-corrected chi connectivity index (χ2v) is 4.30. The molecule has 0 amide bonds. The third-order valence-electron chi connectivity index (χ3n) is 1.87. The third-order valence-corrected chi connectivity index (χ3v) is 3.27.